The number of rotatable bonds is 3. The molecule has 0 fully saturated rings. The normalized spacial score (nSPS) is 16.5. The van der Waals surface area contributed by atoms with Gasteiger partial charge in [0.25, 0.3) is 0 Å². The molecule has 0 spiro atoms. The minimum atomic E-state index is -0.538. The SMILES string of the molecule is CN1Cc2c(Cl)cc(Cl)cc2C(c2cccc(NC(=O)Oc3cc[nH]c3)c2)C1. The van der Waals surface area contributed by atoms with Crippen molar-refractivity contribution >= 4 is 35.0 Å². The van der Waals surface area contributed by atoms with Crippen LogP contribution >= 0.6 is 23.2 Å². The third-order valence-electron chi connectivity index (χ3n) is 4.81. The van der Waals surface area contributed by atoms with Crippen molar-refractivity contribution in [2.24, 2.45) is 0 Å². The first-order valence-corrected chi connectivity index (χ1v) is 9.63. The molecule has 2 heterocycles. The monoisotopic (exact) mass is 415 g/mol. The van der Waals surface area contributed by atoms with E-state index in [9.17, 15) is 4.79 Å². The van der Waals surface area contributed by atoms with E-state index in [1.807, 2.05) is 30.3 Å². The van der Waals surface area contributed by atoms with E-state index in [1.165, 1.54) is 0 Å². The van der Waals surface area contributed by atoms with Crippen LogP contribution in [0.3, 0.4) is 0 Å². The number of ether oxygens (including phenoxy) is 1. The van der Waals surface area contributed by atoms with Gasteiger partial charge in [0.15, 0.2) is 0 Å². The van der Waals surface area contributed by atoms with Crippen molar-refractivity contribution in [1.29, 1.82) is 0 Å². The van der Waals surface area contributed by atoms with Gasteiger partial charge in [-0.05, 0) is 54.1 Å². The maximum Gasteiger partial charge on any atom is 0.417 e. The number of fused-ring (bicyclic) bond motifs is 1. The van der Waals surface area contributed by atoms with Gasteiger partial charge in [0.05, 0.1) is 0 Å². The lowest BCUT2D eigenvalue weighted by Crippen LogP contribution is -2.31. The van der Waals surface area contributed by atoms with Gasteiger partial charge in [-0.3, -0.25) is 5.32 Å². The number of benzene rings is 2. The lowest BCUT2D eigenvalue weighted by Gasteiger charge is -2.33. The third kappa shape index (κ3) is 4.02. The zero-order valence-corrected chi connectivity index (χ0v) is 16.7. The smallest absolute Gasteiger partial charge is 0.408 e. The number of hydrogen-bond acceptors (Lipinski definition) is 3. The summed E-state index contributed by atoms with van der Waals surface area (Å²) in [6, 6.07) is 13.2. The maximum absolute atomic E-state index is 12.1. The molecule has 0 saturated carbocycles. The fourth-order valence-corrected chi connectivity index (χ4v) is 4.16. The Bertz CT molecular complexity index is 1000. The summed E-state index contributed by atoms with van der Waals surface area (Å²) in [4.78, 5) is 17.2. The van der Waals surface area contributed by atoms with E-state index in [0.717, 1.165) is 29.8 Å². The van der Waals surface area contributed by atoms with Crippen LogP contribution in [0.15, 0.2) is 54.9 Å². The van der Waals surface area contributed by atoms with Crippen LogP contribution in [0, 0.1) is 0 Å². The Morgan fingerprint density at radius 1 is 1.25 bits per heavy atom. The van der Waals surface area contributed by atoms with Crippen molar-refractivity contribution in [3.05, 3.63) is 81.6 Å². The molecule has 7 heteroatoms. The van der Waals surface area contributed by atoms with Gasteiger partial charge in [-0.25, -0.2) is 4.79 Å². The van der Waals surface area contributed by atoms with Crippen molar-refractivity contribution in [3.63, 3.8) is 0 Å². The Morgan fingerprint density at radius 3 is 2.89 bits per heavy atom. The molecule has 2 aromatic carbocycles. The Kier molecular flexibility index (Phi) is 5.31. The van der Waals surface area contributed by atoms with Crippen molar-refractivity contribution < 1.29 is 9.53 Å². The Hall–Kier alpha value is -2.47. The molecule has 1 aromatic heterocycles. The highest BCUT2D eigenvalue weighted by atomic mass is 35.5. The summed E-state index contributed by atoms with van der Waals surface area (Å²) in [7, 11) is 2.07. The van der Waals surface area contributed by atoms with Gasteiger partial charge >= 0.3 is 6.09 Å². The fourth-order valence-electron chi connectivity index (χ4n) is 3.59. The molecule has 0 radical (unpaired) electrons. The molecule has 5 nitrogen and oxygen atoms in total. The summed E-state index contributed by atoms with van der Waals surface area (Å²) in [6.07, 6.45) is 2.76. The van der Waals surface area contributed by atoms with Crippen LogP contribution in [0.5, 0.6) is 5.75 Å². The largest absolute Gasteiger partial charge is 0.417 e. The molecule has 1 atom stereocenters. The molecular formula is C21H19Cl2N3O2. The lowest BCUT2D eigenvalue weighted by atomic mass is 9.84. The summed E-state index contributed by atoms with van der Waals surface area (Å²) in [5.74, 6) is 0.563. The number of likely N-dealkylation sites (N-methyl/N-ethyl adjacent to an activating group) is 1. The molecule has 2 N–H and O–H groups in total. The van der Waals surface area contributed by atoms with E-state index in [-0.39, 0.29) is 5.92 Å². The molecule has 144 valence electrons. The van der Waals surface area contributed by atoms with Gasteiger partial charge in [-0.1, -0.05) is 35.3 Å². The quantitative estimate of drug-likeness (QED) is 0.592. The summed E-state index contributed by atoms with van der Waals surface area (Å²) in [6.45, 7) is 1.61. The van der Waals surface area contributed by atoms with Gasteiger partial charge in [0.1, 0.15) is 5.75 Å². The zero-order chi connectivity index (χ0) is 19.7. The predicted molar refractivity (Wildman–Crippen MR) is 112 cm³/mol. The molecule has 1 aliphatic rings. The number of halogens is 2. The average molecular weight is 416 g/mol. The molecule has 4 rings (SSSR count). The van der Waals surface area contributed by atoms with Crippen molar-refractivity contribution in [2.45, 2.75) is 12.5 Å². The Morgan fingerprint density at radius 2 is 2.11 bits per heavy atom. The Labute approximate surface area is 173 Å². The highest BCUT2D eigenvalue weighted by molar-refractivity contribution is 6.35. The summed E-state index contributed by atoms with van der Waals surface area (Å²) in [5, 5.41) is 4.09. The van der Waals surface area contributed by atoms with E-state index in [2.05, 4.69) is 22.2 Å². The first-order chi connectivity index (χ1) is 13.5. The van der Waals surface area contributed by atoms with E-state index < -0.39 is 6.09 Å². The van der Waals surface area contributed by atoms with Gasteiger partial charge in [-0.2, -0.15) is 0 Å². The van der Waals surface area contributed by atoms with Crippen molar-refractivity contribution in [3.8, 4) is 5.75 Å². The maximum atomic E-state index is 12.1. The van der Waals surface area contributed by atoms with E-state index >= 15 is 0 Å². The lowest BCUT2D eigenvalue weighted by molar-refractivity contribution is 0.215. The molecule has 3 aromatic rings. The van der Waals surface area contributed by atoms with Gasteiger partial charge in [0.2, 0.25) is 0 Å². The number of H-pyrrole nitrogens is 1. The summed E-state index contributed by atoms with van der Waals surface area (Å²) >= 11 is 12.7. The van der Waals surface area contributed by atoms with Crippen LogP contribution in [0.4, 0.5) is 10.5 Å². The predicted octanol–water partition coefficient (Wildman–Crippen LogP) is 5.51. The van der Waals surface area contributed by atoms with Gasteiger partial charge in [0, 0.05) is 47.1 Å². The number of carbonyl (C=O) groups is 1. The van der Waals surface area contributed by atoms with Gasteiger partial charge in [-0.15, -0.1) is 0 Å². The topological polar surface area (TPSA) is 57.4 Å². The second kappa shape index (κ2) is 7.87. The fraction of sp³-hybridized carbons (Fsp3) is 0.190. The number of aromatic amines is 1. The van der Waals surface area contributed by atoms with Crippen molar-refractivity contribution in [1.82, 2.24) is 9.88 Å². The first kappa shape index (κ1) is 18.9. The average Bonchev–Trinajstić information content (AvgIpc) is 3.15. The van der Waals surface area contributed by atoms with E-state index in [4.69, 9.17) is 27.9 Å². The second-order valence-corrected chi connectivity index (χ2v) is 7.74. The number of hydrogen-bond donors (Lipinski definition) is 2. The zero-order valence-electron chi connectivity index (χ0n) is 15.2. The minimum absolute atomic E-state index is 0.104. The van der Waals surface area contributed by atoms with E-state index in [0.29, 0.717) is 21.5 Å². The molecule has 1 unspecified atom stereocenters. The van der Waals surface area contributed by atoms with Crippen molar-refractivity contribution in [2.75, 3.05) is 18.9 Å². The van der Waals surface area contributed by atoms with Crippen LogP contribution < -0.4 is 10.1 Å². The van der Waals surface area contributed by atoms with Crippen LogP contribution in [0.25, 0.3) is 0 Å². The van der Waals surface area contributed by atoms with Crippen LogP contribution in [-0.2, 0) is 6.54 Å². The minimum Gasteiger partial charge on any atom is -0.408 e. The standard InChI is InChI=1S/C21H19Cl2N3O2/c1-26-11-18(17-8-14(22)9-20(23)19(17)12-26)13-3-2-4-15(7-13)25-21(27)28-16-5-6-24-10-16/h2-10,18,24H,11-12H2,1H3,(H,25,27). The van der Waals surface area contributed by atoms with Crippen LogP contribution in [-0.4, -0.2) is 29.6 Å². The molecule has 28 heavy (non-hydrogen) atoms. The highest BCUT2D eigenvalue weighted by Gasteiger charge is 2.27. The first-order valence-electron chi connectivity index (χ1n) is 8.87. The molecular weight excluding hydrogens is 397 g/mol. The van der Waals surface area contributed by atoms with E-state index in [1.54, 1.807) is 24.5 Å². The second-order valence-electron chi connectivity index (χ2n) is 6.89. The molecule has 1 amide bonds. The van der Waals surface area contributed by atoms with Crippen LogP contribution in [0.2, 0.25) is 10.0 Å². The number of anilines is 1. The molecule has 0 bridgehead atoms. The number of amides is 1. The number of carbonyl (C=O) groups excluding carboxylic acids is 1. The Balaban J connectivity index is 1.60. The molecule has 0 aliphatic carbocycles. The number of nitrogens with zero attached hydrogens (tertiary/aromatic N) is 1. The number of aromatic nitrogens is 1. The summed E-state index contributed by atoms with van der Waals surface area (Å²) in [5.41, 5.74) is 3.96. The molecule has 1 aliphatic heterocycles. The third-order valence-corrected chi connectivity index (χ3v) is 5.36. The highest BCUT2D eigenvalue weighted by Crippen LogP contribution is 2.38. The van der Waals surface area contributed by atoms with Gasteiger partial charge < -0.3 is 14.6 Å². The number of nitrogens with one attached hydrogen (secondary N) is 2. The summed E-state index contributed by atoms with van der Waals surface area (Å²) < 4.78 is 5.22. The molecule has 0 saturated heterocycles. The van der Waals surface area contributed by atoms with Crippen LogP contribution in [0.1, 0.15) is 22.6 Å².